The average molecular weight is 449 g/mol. The molecule has 2 aliphatic carbocycles. The minimum absolute atomic E-state index is 0.306. The lowest BCUT2D eigenvalue weighted by Gasteiger charge is -2.24. The van der Waals surface area contributed by atoms with Crippen molar-refractivity contribution in [2.75, 3.05) is 13.2 Å². The summed E-state index contributed by atoms with van der Waals surface area (Å²) in [7, 11) is 0. The minimum atomic E-state index is -0.957. The van der Waals surface area contributed by atoms with Gasteiger partial charge in [-0.3, -0.25) is 4.98 Å². The summed E-state index contributed by atoms with van der Waals surface area (Å²) in [6.07, 6.45) is 16.8. The molecular weight excluding hydrogens is 416 g/mol. The maximum Gasteiger partial charge on any atom is 0.341 e. The van der Waals surface area contributed by atoms with Crippen LogP contribution in [0.2, 0.25) is 0 Å². The van der Waals surface area contributed by atoms with Gasteiger partial charge in [0.05, 0.1) is 5.71 Å². The van der Waals surface area contributed by atoms with Gasteiger partial charge in [0.15, 0.2) is 6.61 Å². The zero-order chi connectivity index (χ0) is 22.9. The number of ether oxygens (including phenoxy) is 1. The number of pyridine rings is 1. The topological polar surface area (TPSA) is 81.0 Å². The first-order chi connectivity index (χ1) is 16.2. The van der Waals surface area contributed by atoms with E-state index in [1.165, 1.54) is 31.2 Å². The van der Waals surface area contributed by atoms with E-state index in [0.717, 1.165) is 42.5 Å². The van der Waals surface area contributed by atoms with Crippen molar-refractivity contribution in [2.45, 2.75) is 51.4 Å². The number of nitrogens with zero attached hydrogens (tertiary/aromatic N) is 2. The van der Waals surface area contributed by atoms with Crippen LogP contribution in [0, 0.1) is 11.8 Å². The summed E-state index contributed by atoms with van der Waals surface area (Å²) >= 11 is 0. The Morgan fingerprint density at radius 3 is 2.85 bits per heavy atom. The summed E-state index contributed by atoms with van der Waals surface area (Å²) in [6, 6.07) is 9.89. The zero-order valence-electron chi connectivity index (χ0n) is 19.0. The SMILES string of the molecule is O=C(O)COc1cccc2c1CCC(/C=C/CO/N=C(/CC1CCCC1)c1cccnc1)C2. The third-order valence-electron chi connectivity index (χ3n) is 6.53. The number of aliphatic carboxylic acids is 1. The molecular formula is C27H32N2O4. The molecule has 0 amide bonds. The number of rotatable bonds is 10. The van der Waals surface area contributed by atoms with Crippen LogP contribution in [0.3, 0.4) is 0 Å². The summed E-state index contributed by atoms with van der Waals surface area (Å²) in [5.74, 6) is 0.855. The van der Waals surface area contributed by atoms with E-state index in [2.05, 4.69) is 28.4 Å². The van der Waals surface area contributed by atoms with E-state index < -0.39 is 5.97 Å². The van der Waals surface area contributed by atoms with Crippen LogP contribution in [0.5, 0.6) is 5.75 Å². The second kappa shape index (κ2) is 11.6. The highest BCUT2D eigenvalue weighted by molar-refractivity contribution is 6.00. The first-order valence-corrected chi connectivity index (χ1v) is 11.9. The molecule has 0 aliphatic heterocycles. The van der Waals surface area contributed by atoms with Gasteiger partial charge < -0.3 is 14.7 Å². The van der Waals surface area contributed by atoms with Gasteiger partial charge in [-0.2, -0.15) is 0 Å². The molecule has 1 N–H and O–H groups in total. The maximum atomic E-state index is 10.8. The summed E-state index contributed by atoms with van der Waals surface area (Å²) in [5, 5.41) is 13.4. The zero-order valence-corrected chi connectivity index (χ0v) is 19.0. The van der Waals surface area contributed by atoms with Gasteiger partial charge >= 0.3 is 5.97 Å². The van der Waals surface area contributed by atoms with Crippen molar-refractivity contribution < 1.29 is 19.5 Å². The van der Waals surface area contributed by atoms with E-state index in [-0.39, 0.29) is 6.61 Å². The number of hydrogen-bond acceptors (Lipinski definition) is 5. The molecule has 6 nitrogen and oxygen atoms in total. The number of allylic oxidation sites excluding steroid dienone is 1. The summed E-state index contributed by atoms with van der Waals surface area (Å²) in [4.78, 5) is 20.7. The van der Waals surface area contributed by atoms with E-state index in [1.54, 1.807) is 6.20 Å². The maximum absolute atomic E-state index is 10.8. The van der Waals surface area contributed by atoms with E-state index in [0.29, 0.717) is 24.2 Å². The Balaban J connectivity index is 1.31. The Labute approximate surface area is 195 Å². The highest BCUT2D eigenvalue weighted by Crippen LogP contribution is 2.33. The quantitative estimate of drug-likeness (QED) is 0.234. The molecule has 0 saturated heterocycles. The van der Waals surface area contributed by atoms with Gasteiger partial charge in [-0.1, -0.05) is 49.0 Å². The molecule has 0 radical (unpaired) electrons. The van der Waals surface area contributed by atoms with Crippen LogP contribution in [-0.2, 0) is 22.5 Å². The number of benzene rings is 1. The molecule has 1 fully saturated rings. The summed E-state index contributed by atoms with van der Waals surface area (Å²) < 4.78 is 5.46. The van der Waals surface area contributed by atoms with Gasteiger partial charge in [-0.15, -0.1) is 0 Å². The minimum Gasteiger partial charge on any atom is -0.482 e. The standard InChI is InChI=1S/C27H32N2O4/c30-27(31)19-32-26-11-3-9-22-16-21(12-13-24(22)26)8-5-15-33-29-25(17-20-6-1-2-7-20)23-10-4-14-28-18-23/h3-5,8-11,14,18,20-21H,1-2,6-7,12-13,15-17,19H2,(H,30,31)/b8-5+,29-25-. The fourth-order valence-electron chi connectivity index (χ4n) is 4.87. The Bertz CT molecular complexity index is 981. The molecule has 1 atom stereocenters. The molecule has 1 aromatic carbocycles. The molecule has 0 spiro atoms. The van der Waals surface area contributed by atoms with E-state index in [9.17, 15) is 4.79 Å². The first kappa shape index (κ1) is 23.0. The monoisotopic (exact) mass is 448 g/mol. The normalized spacial score (nSPS) is 18.9. The van der Waals surface area contributed by atoms with E-state index in [4.69, 9.17) is 14.7 Å². The second-order valence-electron chi connectivity index (χ2n) is 8.94. The number of fused-ring (bicyclic) bond motifs is 1. The predicted octanol–water partition coefficient (Wildman–Crippen LogP) is 5.21. The third-order valence-corrected chi connectivity index (χ3v) is 6.53. The van der Waals surface area contributed by atoms with Crippen molar-refractivity contribution in [3.63, 3.8) is 0 Å². The van der Waals surface area contributed by atoms with Crippen LogP contribution < -0.4 is 4.74 Å². The number of carboxylic acid groups (broad SMARTS) is 1. The molecule has 4 rings (SSSR count). The van der Waals surface area contributed by atoms with Crippen molar-refractivity contribution >= 4 is 11.7 Å². The van der Waals surface area contributed by atoms with Crippen LogP contribution >= 0.6 is 0 Å². The molecule has 33 heavy (non-hydrogen) atoms. The van der Waals surface area contributed by atoms with Crippen molar-refractivity contribution in [3.05, 3.63) is 71.6 Å². The summed E-state index contributed by atoms with van der Waals surface area (Å²) in [5.41, 5.74) is 4.40. The number of aromatic nitrogens is 1. The first-order valence-electron chi connectivity index (χ1n) is 11.9. The smallest absolute Gasteiger partial charge is 0.341 e. The molecule has 2 aromatic rings. The van der Waals surface area contributed by atoms with Gasteiger partial charge in [0.25, 0.3) is 0 Å². The molecule has 6 heteroatoms. The number of carbonyl (C=O) groups is 1. The molecule has 1 aromatic heterocycles. The van der Waals surface area contributed by atoms with Crippen molar-refractivity contribution in [1.29, 1.82) is 0 Å². The van der Waals surface area contributed by atoms with Gasteiger partial charge in [-0.05, 0) is 72.9 Å². The Morgan fingerprint density at radius 1 is 1.18 bits per heavy atom. The van der Waals surface area contributed by atoms with Crippen molar-refractivity contribution in [3.8, 4) is 5.75 Å². The molecule has 174 valence electrons. The molecule has 1 unspecified atom stereocenters. The number of hydrogen-bond donors (Lipinski definition) is 1. The van der Waals surface area contributed by atoms with E-state index in [1.807, 2.05) is 30.5 Å². The fraction of sp³-hybridized carbons (Fsp3) is 0.444. The Hall–Kier alpha value is -3.15. The fourth-order valence-corrected chi connectivity index (χ4v) is 4.87. The van der Waals surface area contributed by atoms with Crippen LogP contribution in [0.1, 0.15) is 55.2 Å². The van der Waals surface area contributed by atoms with Gasteiger partial charge in [0.1, 0.15) is 12.4 Å². The lowest BCUT2D eigenvalue weighted by molar-refractivity contribution is -0.139. The van der Waals surface area contributed by atoms with Gasteiger partial charge in [-0.25, -0.2) is 4.79 Å². The number of carboxylic acids is 1. The average Bonchev–Trinajstić information content (AvgIpc) is 3.35. The Morgan fingerprint density at radius 2 is 2.06 bits per heavy atom. The van der Waals surface area contributed by atoms with Crippen LogP contribution in [0.25, 0.3) is 0 Å². The molecule has 2 aliphatic rings. The summed E-state index contributed by atoms with van der Waals surface area (Å²) in [6.45, 7) is 0.138. The van der Waals surface area contributed by atoms with Crippen molar-refractivity contribution in [1.82, 2.24) is 4.98 Å². The lowest BCUT2D eigenvalue weighted by atomic mass is 9.83. The van der Waals surface area contributed by atoms with Crippen LogP contribution in [-0.4, -0.2) is 35.0 Å². The molecule has 0 bridgehead atoms. The predicted molar refractivity (Wildman–Crippen MR) is 128 cm³/mol. The molecule has 1 heterocycles. The second-order valence-corrected chi connectivity index (χ2v) is 8.94. The van der Waals surface area contributed by atoms with Gasteiger partial charge in [0.2, 0.25) is 0 Å². The van der Waals surface area contributed by atoms with Crippen LogP contribution in [0.4, 0.5) is 0 Å². The Kier molecular flexibility index (Phi) is 8.12. The van der Waals surface area contributed by atoms with Gasteiger partial charge in [0, 0.05) is 18.0 Å². The third kappa shape index (κ3) is 6.67. The van der Waals surface area contributed by atoms with Crippen molar-refractivity contribution in [2.24, 2.45) is 17.0 Å². The lowest BCUT2D eigenvalue weighted by Crippen LogP contribution is -2.16. The molecule has 1 saturated carbocycles. The highest BCUT2D eigenvalue weighted by Gasteiger charge is 2.21. The highest BCUT2D eigenvalue weighted by atomic mass is 16.6. The van der Waals surface area contributed by atoms with Crippen LogP contribution in [0.15, 0.2) is 60.0 Å². The van der Waals surface area contributed by atoms with E-state index >= 15 is 0 Å². The largest absolute Gasteiger partial charge is 0.482 e. The number of oxime groups is 1.